The van der Waals surface area contributed by atoms with Crippen LogP contribution in [0.2, 0.25) is 0 Å². The highest BCUT2D eigenvalue weighted by atomic mass is 16.2. The molecular formula is C9H16N2O2. The number of rotatable bonds is 1. The van der Waals surface area contributed by atoms with Crippen LogP contribution in [0.3, 0.4) is 0 Å². The Morgan fingerprint density at radius 1 is 1.23 bits per heavy atom. The van der Waals surface area contributed by atoms with Crippen LogP contribution in [-0.2, 0) is 9.59 Å². The van der Waals surface area contributed by atoms with Gasteiger partial charge in [0.15, 0.2) is 0 Å². The molecule has 0 aromatic heterocycles. The Bertz CT molecular complexity index is 216. The van der Waals surface area contributed by atoms with E-state index in [0.717, 1.165) is 19.3 Å². The summed E-state index contributed by atoms with van der Waals surface area (Å²) < 4.78 is 0. The fourth-order valence-electron chi connectivity index (χ4n) is 1.71. The Morgan fingerprint density at radius 2 is 1.92 bits per heavy atom. The van der Waals surface area contributed by atoms with E-state index in [1.807, 2.05) is 0 Å². The molecule has 1 rings (SSSR count). The minimum absolute atomic E-state index is 0.185. The molecule has 4 heteroatoms. The van der Waals surface area contributed by atoms with E-state index in [9.17, 15) is 9.59 Å². The summed E-state index contributed by atoms with van der Waals surface area (Å²) in [6.45, 7) is 2.10. The maximum absolute atomic E-state index is 11.2. The lowest BCUT2D eigenvalue weighted by atomic mass is 10.1. The third-order valence-corrected chi connectivity index (χ3v) is 2.61. The molecule has 0 aliphatic heterocycles. The van der Waals surface area contributed by atoms with Gasteiger partial charge in [0.25, 0.3) is 0 Å². The molecular weight excluding hydrogens is 168 g/mol. The third-order valence-electron chi connectivity index (χ3n) is 2.61. The van der Waals surface area contributed by atoms with E-state index in [-0.39, 0.29) is 6.04 Å². The minimum Gasteiger partial charge on any atom is -0.351 e. The Balaban J connectivity index is 2.39. The van der Waals surface area contributed by atoms with Gasteiger partial charge in [-0.2, -0.15) is 0 Å². The molecule has 0 bridgehead atoms. The van der Waals surface area contributed by atoms with Crippen LogP contribution in [0.1, 0.15) is 26.2 Å². The highest BCUT2D eigenvalue weighted by Gasteiger charge is 2.26. The topological polar surface area (TPSA) is 58.2 Å². The molecule has 0 radical (unpaired) electrons. The van der Waals surface area contributed by atoms with Crippen LogP contribution in [-0.4, -0.2) is 24.9 Å². The molecule has 1 saturated carbocycles. The number of hydrogen-bond acceptors (Lipinski definition) is 2. The summed E-state index contributed by atoms with van der Waals surface area (Å²) in [5.74, 6) is -0.575. The molecule has 1 aliphatic carbocycles. The lowest BCUT2D eigenvalue weighted by molar-refractivity contribution is -0.139. The predicted octanol–water partition coefficient (Wildman–Crippen LogP) is 0.0372. The van der Waals surface area contributed by atoms with Crippen molar-refractivity contribution >= 4 is 11.8 Å². The van der Waals surface area contributed by atoms with E-state index in [4.69, 9.17) is 0 Å². The summed E-state index contributed by atoms with van der Waals surface area (Å²) in [5, 5.41) is 5.03. The van der Waals surface area contributed by atoms with Crippen molar-refractivity contribution in [3.05, 3.63) is 0 Å². The number of nitrogens with one attached hydrogen (secondary N) is 2. The lowest BCUT2D eigenvalue weighted by Gasteiger charge is -2.16. The van der Waals surface area contributed by atoms with E-state index >= 15 is 0 Å². The van der Waals surface area contributed by atoms with E-state index in [1.165, 1.54) is 7.05 Å². The fourth-order valence-corrected chi connectivity index (χ4v) is 1.71. The maximum atomic E-state index is 11.2. The van der Waals surface area contributed by atoms with Crippen LogP contribution in [0.4, 0.5) is 0 Å². The van der Waals surface area contributed by atoms with Crippen LogP contribution in [0.15, 0.2) is 0 Å². The van der Waals surface area contributed by atoms with Gasteiger partial charge in [0.2, 0.25) is 0 Å². The third kappa shape index (κ3) is 2.44. The molecule has 2 unspecified atom stereocenters. The molecule has 1 fully saturated rings. The molecule has 2 amide bonds. The van der Waals surface area contributed by atoms with E-state index in [1.54, 1.807) is 0 Å². The van der Waals surface area contributed by atoms with Crippen molar-refractivity contribution in [1.82, 2.24) is 10.6 Å². The van der Waals surface area contributed by atoms with E-state index in [0.29, 0.717) is 5.92 Å². The molecule has 2 N–H and O–H groups in total. The Kier molecular flexibility index (Phi) is 3.28. The van der Waals surface area contributed by atoms with Gasteiger partial charge >= 0.3 is 11.8 Å². The first kappa shape index (κ1) is 10.0. The summed E-state index contributed by atoms with van der Waals surface area (Å²) in [4.78, 5) is 22.0. The number of hydrogen-bond donors (Lipinski definition) is 2. The van der Waals surface area contributed by atoms with Crippen molar-refractivity contribution in [2.45, 2.75) is 32.2 Å². The molecule has 74 valence electrons. The van der Waals surface area contributed by atoms with Gasteiger partial charge in [-0.1, -0.05) is 13.3 Å². The van der Waals surface area contributed by atoms with Crippen LogP contribution in [0.5, 0.6) is 0 Å². The Morgan fingerprint density at radius 3 is 2.38 bits per heavy atom. The molecule has 13 heavy (non-hydrogen) atoms. The zero-order valence-corrected chi connectivity index (χ0v) is 8.09. The monoisotopic (exact) mass is 184 g/mol. The van der Waals surface area contributed by atoms with E-state index in [2.05, 4.69) is 17.6 Å². The predicted molar refractivity (Wildman–Crippen MR) is 49.0 cm³/mol. The average Bonchev–Trinajstić information content (AvgIpc) is 2.50. The van der Waals surface area contributed by atoms with Crippen molar-refractivity contribution in [1.29, 1.82) is 0 Å². The number of amides is 2. The van der Waals surface area contributed by atoms with E-state index < -0.39 is 11.8 Å². The number of carbonyl (C=O) groups excluding carboxylic acids is 2. The average molecular weight is 184 g/mol. The second-order valence-electron chi connectivity index (χ2n) is 3.57. The first-order chi connectivity index (χ1) is 6.15. The van der Waals surface area contributed by atoms with Crippen LogP contribution >= 0.6 is 0 Å². The van der Waals surface area contributed by atoms with Crippen molar-refractivity contribution in [3.8, 4) is 0 Å². The quantitative estimate of drug-likeness (QED) is 0.565. The van der Waals surface area contributed by atoms with Gasteiger partial charge in [-0.05, 0) is 18.8 Å². The summed E-state index contributed by atoms with van der Waals surface area (Å²) >= 11 is 0. The van der Waals surface area contributed by atoms with Crippen molar-refractivity contribution in [2.75, 3.05) is 7.05 Å². The summed E-state index contributed by atoms with van der Waals surface area (Å²) in [6.07, 6.45) is 3.27. The molecule has 0 aromatic rings. The Labute approximate surface area is 78.1 Å². The van der Waals surface area contributed by atoms with Gasteiger partial charge in [0.1, 0.15) is 0 Å². The lowest BCUT2D eigenvalue weighted by Crippen LogP contribution is -2.44. The molecule has 0 spiro atoms. The Hall–Kier alpha value is -1.06. The SMILES string of the molecule is CNC(=O)C(=O)NC1CCCC1C. The highest BCUT2D eigenvalue weighted by molar-refractivity contribution is 6.35. The van der Waals surface area contributed by atoms with Crippen molar-refractivity contribution < 1.29 is 9.59 Å². The maximum Gasteiger partial charge on any atom is 0.309 e. The summed E-state index contributed by atoms with van der Waals surface area (Å²) in [6, 6.07) is 0.185. The van der Waals surface area contributed by atoms with Crippen molar-refractivity contribution in [2.24, 2.45) is 5.92 Å². The van der Waals surface area contributed by atoms with Crippen molar-refractivity contribution in [3.63, 3.8) is 0 Å². The summed E-state index contributed by atoms with van der Waals surface area (Å²) in [7, 11) is 1.46. The first-order valence-corrected chi connectivity index (χ1v) is 4.67. The largest absolute Gasteiger partial charge is 0.351 e. The van der Waals surface area contributed by atoms with Gasteiger partial charge in [0.05, 0.1) is 0 Å². The number of carbonyl (C=O) groups is 2. The summed E-state index contributed by atoms with van der Waals surface area (Å²) in [5.41, 5.74) is 0. The normalized spacial score (nSPS) is 26.9. The van der Waals surface area contributed by atoms with Gasteiger partial charge in [0, 0.05) is 13.1 Å². The van der Waals surface area contributed by atoms with Gasteiger partial charge in [-0.25, -0.2) is 0 Å². The molecule has 2 atom stereocenters. The highest BCUT2D eigenvalue weighted by Crippen LogP contribution is 2.24. The first-order valence-electron chi connectivity index (χ1n) is 4.67. The second kappa shape index (κ2) is 4.25. The van der Waals surface area contributed by atoms with Crippen LogP contribution in [0.25, 0.3) is 0 Å². The van der Waals surface area contributed by atoms with Gasteiger partial charge in [-0.15, -0.1) is 0 Å². The van der Waals surface area contributed by atoms with Gasteiger partial charge < -0.3 is 10.6 Å². The smallest absolute Gasteiger partial charge is 0.309 e. The van der Waals surface area contributed by atoms with Crippen LogP contribution < -0.4 is 10.6 Å². The zero-order chi connectivity index (χ0) is 9.84. The second-order valence-corrected chi connectivity index (χ2v) is 3.57. The standard InChI is InChI=1S/C9H16N2O2/c1-6-4-3-5-7(6)11-9(13)8(12)10-2/h6-7H,3-5H2,1-2H3,(H,10,12)(H,11,13). The molecule has 0 heterocycles. The molecule has 4 nitrogen and oxygen atoms in total. The van der Waals surface area contributed by atoms with Crippen LogP contribution in [0, 0.1) is 5.92 Å². The molecule has 0 saturated heterocycles. The fraction of sp³-hybridized carbons (Fsp3) is 0.778. The minimum atomic E-state index is -0.556. The van der Waals surface area contributed by atoms with Gasteiger partial charge in [-0.3, -0.25) is 9.59 Å². The molecule has 0 aromatic carbocycles. The molecule has 1 aliphatic rings. The number of likely N-dealkylation sites (N-methyl/N-ethyl adjacent to an activating group) is 1. The zero-order valence-electron chi connectivity index (χ0n) is 8.09.